The molecule has 0 aromatic rings. The SMILES string of the molecule is CCCC(C)(CO)C(=O)N=C1C=CC(N=O)C=C1. The van der Waals surface area contributed by atoms with Crippen molar-refractivity contribution in [1.82, 2.24) is 0 Å². The van der Waals surface area contributed by atoms with Crippen molar-refractivity contribution < 1.29 is 9.90 Å². The van der Waals surface area contributed by atoms with E-state index in [2.05, 4.69) is 10.2 Å². The number of carbonyl (C=O) groups is 1. The molecule has 5 nitrogen and oxygen atoms in total. The fourth-order valence-electron chi connectivity index (χ4n) is 1.72. The first-order valence-corrected chi connectivity index (χ1v) is 5.98. The van der Waals surface area contributed by atoms with E-state index >= 15 is 0 Å². The molecule has 1 atom stereocenters. The van der Waals surface area contributed by atoms with E-state index in [4.69, 9.17) is 0 Å². The predicted octanol–water partition coefficient (Wildman–Crippen LogP) is 2.01. The monoisotopic (exact) mass is 250 g/mol. The van der Waals surface area contributed by atoms with E-state index in [1.165, 1.54) is 0 Å². The first-order chi connectivity index (χ1) is 8.55. The Morgan fingerprint density at radius 3 is 2.50 bits per heavy atom. The molecule has 0 saturated heterocycles. The summed E-state index contributed by atoms with van der Waals surface area (Å²) < 4.78 is 0. The molecule has 1 N–H and O–H groups in total. The van der Waals surface area contributed by atoms with E-state index < -0.39 is 11.5 Å². The summed E-state index contributed by atoms with van der Waals surface area (Å²) in [5.74, 6) is -0.339. The first kappa shape index (κ1) is 14.4. The van der Waals surface area contributed by atoms with Crippen LogP contribution in [-0.2, 0) is 4.79 Å². The molecule has 0 aromatic carbocycles. The molecule has 0 radical (unpaired) electrons. The van der Waals surface area contributed by atoms with Gasteiger partial charge in [-0.1, -0.05) is 30.7 Å². The largest absolute Gasteiger partial charge is 0.395 e. The summed E-state index contributed by atoms with van der Waals surface area (Å²) in [7, 11) is 0. The lowest BCUT2D eigenvalue weighted by Crippen LogP contribution is -2.31. The van der Waals surface area contributed by atoms with Gasteiger partial charge in [-0.15, -0.1) is 4.91 Å². The molecule has 1 rings (SSSR count). The van der Waals surface area contributed by atoms with Crippen LogP contribution >= 0.6 is 0 Å². The van der Waals surface area contributed by atoms with Gasteiger partial charge in [0.05, 0.1) is 17.7 Å². The minimum Gasteiger partial charge on any atom is -0.395 e. The van der Waals surface area contributed by atoms with Crippen LogP contribution in [0.2, 0.25) is 0 Å². The minimum absolute atomic E-state index is 0.220. The van der Waals surface area contributed by atoms with Crippen molar-refractivity contribution in [2.45, 2.75) is 32.7 Å². The molecule has 0 fully saturated rings. The van der Waals surface area contributed by atoms with Gasteiger partial charge in [0, 0.05) is 0 Å². The number of aliphatic imine (C=N–C) groups is 1. The fourth-order valence-corrected chi connectivity index (χ4v) is 1.72. The van der Waals surface area contributed by atoms with Crippen molar-refractivity contribution in [2.24, 2.45) is 15.6 Å². The van der Waals surface area contributed by atoms with Crippen LogP contribution in [0, 0.1) is 10.3 Å². The van der Waals surface area contributed by atoms with E-state index in [0.29, 0.717) is 12.1 Å². The zero-order chi connectivity index (χ0) is 13.6. The molecule has 5 heteroatoms. The Morgan fingerprint density at radius 1 is 1.44 bits per heavy atom. The molecule has 0 spiro atoms. The van der Waals surface area contributed by atoms with Gasteiger partial charge >= 0.3 is 0 Å². The molecular formula is C13H18N2O3. The van der Waals surface area contributed by atoms with Gasteiger partial charge in [-0.25, -0.2) is 4.99 Å². The van der Waals surface area contributed by atoms with Crippen LogP contribution in [-0.4, -0.2) is 29.4 Å². The lowest BCUT2D eigenvalue weighted by Gasteiger charge is -2.22. The second-order valence-electron chi connectivity index (χ2n) is 4.62. The Hall–Kier alpha value is -1.62. The van der Waals surface area contributed by atoms with Crippen LogP contribution in [0.25, 0.3) is 0 Å². The molecule has 98 valence electrons. The predicted molar refractivity (Wildman–Crippen MR) is 70.4 cm³/mol. The second kappa shape index (κ2) is 6.35. The van der Waals surface area contributed by atoms with E-state index in [0.717, 1.165) is 6.42 Å². The lowest BCUT2D eigenvalue weighted by atomic mass is 9.85. The van der Waals surface area contributed by atoms with Crippen LogP contribution in [0.3, 0.4) is 0 Å². The molecule has 1 aliphatic carbocycles. The maximum Gasteiger partial charge on any atom is 0.254 e. The quantitative estimate of drug-likeness (QED) is 0.758. The molecule has 1 amide bonds. The van der Waals surface area contributed by atoms with E-state index in [9.17, 15) is 14.8 Å². The summed E-state index contributed by atoms with van der Waals surface area (Å²) >= 11 is 0. The van der Waals surface area contributed by atoms with Crippen molar-refractivity contribution in [3.63, 3.8) is 0 Å². The number of aliphatic hydroxyl groups excluding tert-OH is 1. The van der Waals surface area contributed by atoms with Gasteiger partial charge in [-0.3, -0.25) is 4.79 Å². The molecule has 1 aliphatic rings. The summed E-state index contributed by atoms with van der Waals surface area (Å²) in [6.07, 6.45) is 7.73. The van der Waals surface area contributed by atoms with Gasteiger partial charge in [0.1, 0.15) is 6.04 Å². The van der Waals surface area contributed by atoms with Crippen molar-refractivity contribution in [1.29, 1.82) is 0 Å². The summed E-state index contributed by atoms with van der Waals surface area (Å²) in [6.45, 7) is 3.44. The Bertz CT molecular complexity index is 396. The highest BCUT2D eigenvalue weighted by Crippen LogP contribution is 2.24. The maximum absolute atomic E-state index is 12.0. The second-order valence-corrected chi connectivity index (χ2v) is 4.62. The Balaban J connectivity index is 2.81. The third-order valence-electron chi connectivity index (χ3n) is 2.95. The number of allylic oxidation sites excluding steroid dienone is 2. The normalized spacial score (nSPS) is 21.5. The molecular weight excluding hydrogens is 232 g/mol. The number of hydrogen-bond acceptors (Lipinski definition) is 4. The van der Waals surface area contributed by atoms with E-state index in [1.807, 2.05) is 6.92 Å². The number of nitroso groups, excluding NO2 is 1. The zero-order valence-corrected chi connectivity index (χ0v) is 10.7. The molecule has 0 bridgehead atoms. The van der Waals surface area contributed by atoms with Crippen molar-refractivity contribution in [2.75, 3.05) is 6.61 Å². The van der Waals surface area contributed by atoms with Crippen LogP contribution in [0.5, 0.6) is 0 Å². The highest BCUT2D eigenvalue weighted by atomic mass is 16.3. The Kier molecular flexibility index (Phi) is 5.09. The number of rotatable bonds is 5. The van der Waals surface area contributed by atoms with Crippen LogP contribution in [0.15, 0.2) is 34.5 Å². The Morgan fingerprint density at radius 2 is 2.06 bits per heavy atom. The van der Waals surface area contributed by atoms with E-state index in [1.54, 1.807) is 31.2 Å². The number of aliphatic hydroxyl groups is 1. The van der Waals surface area contributed by atoms with Crippen LogP contribution < -0.4 is 0 Å². The third kappa shape index (κ3) is 3.43. The number of carbonyl (C=O) groups excluding carboxylic acids is 1. The van der Waals surface area contributed by atoms with Crippen molar-refractivity contribution >= 4 is 11.6 Å². The molecule has 0 aromatic heterocycles. The fraction of sp³-hybridized carbons (Fsp3) is 0.538. The lowest BCUT2D eigenvalue weighted by molar-refractivity contribution is -0.129. The topological polar surface area (TPSA) is 79.1 Å². The molecule has 0 heterocycles. The van der Waals surface area contributed by atoms with Crippen LogP contribution in [0.1, 0.15) is 26.7 Å². The first-order valence-electron chi connectivity index (χ1n) is 5.98. The summed E-state index contributed by atoms with van der Waals surface area (Å²) in [5.41, 5.74) is -0.348. The van der Waals surface area contributed by atoms with Gasteiger partial charge in [0.15, 0.2) is 0 Å². The molecule has 0 saturated carbocycles. The minimum atomic E-state index is -0.830. The average Bonchev–Trinajstić information content (AvgIpc) is 2.39. The molecule has 1 unspecified atom stereocenters. The zero-order valence-electron chi connectivity index (χ0n) is 10.7. The van der Waals surface area contributed by atoms with Gasteiger partial charge in [-0.2, -0.15) is 0 Å². The smallest absolute Gasteiger partial charge is 0.254 e. The standard InChI is InChI=1S/C13H18N2O3/c1-3-8-13(2,9-16)12(17)14-10-4-6-11(15-18)7-5-10/h4-7,11,16H,3,8-9H2,1-2H3. The van der Waals surface area contributed by atoms with Gasteiger partial charge in [0.25, 0.3) is 5.91 Å². The highest BCUT2D eigenvalue weighted by molar-refractivity contribution is 6.10. The van der Waals surface area contributed by atoms with Gasteiger partial charge in [0.2, 0.25) is 0 Å². The number of amides is 1. The van der Waals surface area contributed by atoms with Crippen molar-refractivity contribution in [3.05, 3.63) is 29.2 Å². The summed E-state index contributed by atoms with van der Waals surface area (Å²) in [6, 6.07) is -0.487. The molecule has 18 heavy (non-hydrogen) atoms. The average molecular weight is 250 g/mol. The summed E-state index contributed by atoms with van der Waals surface area (Å²) in [5, 5.41) is 12.2. The highest BCUT2D eigenvalue weighted by Gasteiger charge is 2.31. The van der Waals surface area contributed by atoms with Gasteiger partial charge < -0.3 is 5.11 Å². The molecule has 0 aliphatic heterocycles. The van der Waals surface area contributed by atoms with Crippen LogP contribution in [0.4, 0.5) is 0 Å². The summed E-state index contributed by atoms with van der Waals surface area (Å²) in [4.78, 5) is 26.3. The number of hydrogen-bond donors (Lipinski definition) is 1. The maximum atomic E-state index is 12.0. The third-order valence-corrected chi connectivity index (χ3v) is 2.95. The van der Waals surface area contributed by atoms with E-state index in [-0.39, 0.29) is 12.5 Å². The van der Waals surface area contributed by atoms with Gasteiger partial charge in [-0.05, 0) is 25.5 Å². The Labute approximate surface area is 106 Å². The van der Waals surface area contributed by atoms with Crippen molar-refractivity contribution in [3.8, 4) is 0 Å². The number of nitrogens with zero attached hydrogens (tertiary/aromatic N) is 2.